The molecule has 3 saturated heterocycles. The van der Waals surface area contributed by atoms with E-state index in [0.717, 1.165) is 21.9 Å². The highest BCUT2D eigenvalue weighted by Gasteiger charge is 2.73. The third-order valence-electron chi connectivity index (χ3n) is 6.39. The molecule has 3 amide bonds. The van der Waals surface area contributed by atoms with Gasteiger partial charge in [-0.25, -0.2) is 14.2 Å². The maximum atomic E-state index is 13.5. The number of hydrogen-bond donors (Lipinski definition) is 0. The van der Waals surface area contributed by atoms with Gasteiger partial charge >= 0.3 is 12.2 Å². The van der Waals surface area contributed by atoms with Crippen LogP contribution in [0, 0.1) is 0 Å². The number of alkyl halides is 3. The number of urea groups is 1. The molecular weight excluding hydrogens is 443 g/mol. The molecule has 2 aromatic carbocycles. The number of fused-ring (bicyclic) bond motifs is 1. The van der Waals surface area contributed by atoms with E-state index in [0.29, 0.717) is 13.1 Å². The Labute approximate surface area is 186 Å². The van der Waals surface area contributed by atoms with Crippen molar-refractivity contribution in [2.45, 2.75) is 23.2 Å². The Bertz CT molecular complexity index is 1110. The van der Waals surface area contributed by atoms with Gasteiger partial charge in [0.15, 0.2) is 12.1 Å². The van der Waals surface area contributed by atoms with E-state index in [1.807, 2.05) is 35.2 Å². The summed E-state index contributed by atoms with van der Waals surface area (Å²) in [4.78, 5) is 43.5. The maximum absolute atomic E-state index is 13.5. The van der Waals surface area contributed by atoms with Crippen molar-refractivity contribution in [1.82, 2.24) is 4.90 Å². The molecule has 1 spiro atoms. The number of anilines is 1. The van der Waals surface area contributed by atoms with Crippen molar-refractivity contribution in [3.63, 3.8) is 0 Å². The Balaban J connectivity index is 1.43. The van der Waals surface area contributed by atoms with Crippen LogP contribution in [-0.2, 0) is 15.8 Å². The Kier molecular flexibility index (Phi) is 4.92. The van der Waals surface area contributed by atoms with Crippen LogP contribution in [0.15, 0.2) is 59.5 Å². The number of rotatable bonds is 5. The highest BCUT2D eigenvalue weighted by atomic mass is 32.2. The first kappa shape index (κ1) is 21.2. The molecule has 2 bridgehead atoms. The van der Waals surface area contributed by atoms with Crippen LogP contribution in [0.4, 0.5) is 23.7 Å². The van der Waals surface area contributed by atoms with Crippen LogP contribution in [0.3, 0.4) is 0 Å². The zero-order valence-corrected chi connectivity index (χ0v) is 17.6. The largest absolute Gasteiger partial charge is 0.433 e. The van der Waals surface area contributed by atoms with Crippen LogP contribution in [-0.4, -0.2) is 64.7 Å². The van der Waals surface area contributed by atoms with Gasteiger partial charge in [0.1, 0.15) is 6.67 Å². The molecule has 0 saturated carbocycles. The van der Waals surface area contributed by atoms with E-state index in [1.54, 1.807) is 0 Å². The quantitative estimate of drug-likeness (QED) is 0.388. The number of piperazine rings is 1. The molecule has 3 aliphatic heterocycles. The number of ketones is 1. The van der Waals surface area contributed by atoms with Gasteiger partial charge in [-0.05, 0) is 30.3 Å². The lowest BCUT2D eigenvalue weighted by atomic mass is 10.1. The predicted molar refractivity (Wildman–Crippen MR) is 111 cm³/mol. The first-order valence-electron chi connectivity index (χ1n) is 10.1. The highest BCUT2D eigenvalue weighted by molar-refractivity contribution is 8.00. The number of benzene rings is 2. The Morgan fingerprint density at radius 2 is 1.81 bits per heavy atom. The van der Waals surface area contributed by atoms with Gasteiger partial charge in [0.05, 0.1) is 30.1 Å². The highest BCUT2D eigenvalue weighted by Crippen LogP contribution is 2.44. The molecule has 3 fully saturated rings. The molecule has 0 aromatic heterocycles. The number of nitrogens with zero attached hydrogens (tertiary/aromatic N) is 3. The summed E-state index contributed by atoms with van der Waals surface area (Å²) < 4.78 is 39.2. The molecule has 5 rings (SSSR count). The number of quaternary nitrogens is 1. The van der Waals surface area contributed by atoms with Crippen molar-refractivity contribution in [2.24, 2.45) is 0 Å². The molecule has 4 unspecified atom stereocenters. The van der Waals surface area contributed by atoms with Gasteiger partial charge in [-0.3, -0.25) is 9.59 Å². The van der Waals surface area contributed by atoms with E-state index in [4.69, 9.17) is 0 Å². The molecule has 2 aromatic rings. The van der Waals surface area contributed by atoms with Gasteiger partial charge in [-0.1, -0.05) is 24.3 Å². The molecule has 3 heterocycles. The minimum absolute atomic E-state index is 0.111. The minimum atomic E-state index is -4.60. The van der Waals surface area contributed by atoms with Crippen molar-refractivity contribution in [2.75, 3.05) is 30.4 Å². The second-order valence-electron chi connectivity index (χ2n) is 8.21. The first-order valence-corrected chi connectivity index (χ1v) is 11.1. The Morgan fingerprint density at radius 3 is 2.53 bits per heavy atom. The summed E-state index contributed by atoms with van der Waals surface area (Å²) in [5, 5.41) is 0. The second-order valence-corrected chi connectivity index (χ2v) is 9.26. The number of carbonyl (C=O) groups is 3. The van der Waals surface area contributed by atoms with E-state index < -0.39 is 35.8 Å². The fourth-order valence-electron chi connectivity index (χ4n) is 4.93. The van der Waals surface area contributed by atoms with Crippen LogP contribution < -0.4 is 4.90 Å². The molecule has 166 valence electrons. The van der Waals surface area contributed by atoms with Crippen LogP contribution in [0.25, 0.3) is 0 Å². The maximum Gasteiger partial charge on any atom is 0.433 e. The lowest BCUT2D eigenvalue weighted by molar-refractivity contribution is -0.852. The number of amides is 3. The third kappa shape index (κ3) is 3.16. The number of Topliss-reactive ketones (excluding diaryl/α,β-unsaturated/α-hetero) is 1. The fourth-order valence-corrected chi connectivity index (χ4v) is 5.78. The number of imide groups is 1. The molecule has 0 N–H and O–H groups in total. The minimum Gasteiger partial charge on any atom is -0.292 e. The average Bonchev–Trinajstić information content (AvgIpc) is 3.41. The number of thioether (sulfide) groups is 1. The standard InChI is InChI=1S/C22H19F3N3O3S/c23-22(24,25)14-5-4-6-15(9-14)27-20(30)18-11-26-10-17(28(18,13-26)21(27)31)19(29)12-32-16-7-2-1-3-8-16/h1-9,17-18H,10-13H2/q+1. The van der Waals surface area contributed by atoms with E-state index >= 15 is 0 Å². The second kappa shape index (κ2) is 7.43. The van der Waals surface area contributed by atoms with Gasteiger partial charge in [0.25, 0.3) is 5.91 Å². The monoisotopic (exact) mass is 462 g/mol. The SMILES string of the molecule is O=C(CSc1ccccc1)C1CN2CC3C(=O)N(c4cccc(C(F)(F)F)c4)C(=O)[N+]13C2. The van der Waals surface area contributed by atoms with E-state index in [9.17, 15) is 27.6 Å². The molecule has 0 aliphatic carbocycles. The van der Waals surface area contributed by atoms with Gasteiger partial charge < -0.3 is 0 Å². The van der Waals surface area contributed by atoms with E-state index in [-0.39, 0.29) is 28.4 Å². The van der Waals surface area contributed by atoms with Gasteiger partial charge in [-0.15, -0.1) is 11.8 Å². The van der Waals surface area contributed by atoms with Crippen molar-refractivity contribution >= 4 is 35.2 Å². The molecule has 6 nitrogen and oxygen atoms in total. The normalized spacial score (nSPS) is 29.0. The topological polar surface area (TPSA) is 57.7 Å². The summed E-state index contributed by atoms with van der Waals surface area (Å²) in [5.41, 5.74) is -1.04. The molecule has 4 atom stereocenters. The average molecular weight is 462 g/mol. The van der Waals surface area contributed by atoms with E-state index in [1.165, 1.54) is 23.9 Å². The number of halogens is 3. The smallest absolute Gasteiger partial charge is 0.292 e. The van der Waals surface area contributed by atoms with E-state index in [2.05, 4.69) is 0 Å². The Morgan fingerprint density at radius 1 is 1.06 bits per heavy atom. The van der Waals surface area contributed by atoms with Crippen LogP contribution in [0.2, 0.25) is 0 Å². The fraction of sp³-hybridized carbons (Fsp3) is 0.318. The third-order valence-corrected chi connectivity index (χ3v) is 7.42. The Hall–Kier alpha value is -2.69. The van der Waals surface area contributed by atoms with Gasteiger partial charge in [-0.2, -0.15) is 18.1 Å². The van der Waals surface area contributed by atoms with Crippen molar-refractivity contribution in [3.05, 3.63) is 60.2 Å². The zero-order valence-electron chi connectivity index (χ0n) is 16.8. The summed E-state index contributed by atoms with van der Waals surface area (Å²) in [7, 11) is 0. The van der Waals surface area contributed by atoms with Gasteiger partial charge in [0.2, 0.25) is 5.78 Å². The molecule has 3 aliphatic rings. The number of carbonyl (C=O) groups excluding carboxylic acids is 3. The zero-order chi connectivity index (χ0) is 22.7. The summed E-state index contributed by atoms with van der Waals surface area (Å²) in [5.74, 6) is -0.538. The molecule has 0 radical (unpaired) electrons. The molecular formula is C22H19F3N3O3S+. The predicted octanol–water partition coefficient (Wildman–Crippen LogP) is 3.37. The van der Waals surface area contributed by atoms with Crippen molar-refractivity contribution < 1.29 is 32.0 Å². The number of hydrogen-bond acceptors (Lipinski definition) is 5. The summed E-state index contributed by atoms with van der Waals surface area (Å²) >= 11 is 1.36. The lowest BCUT2D eigenvalue weighted by Crippen LogP contribution is -2.62. The summed E-state index contributed by atoms with van der Waals surface area (Å²) in [6, 6.07) is 11.5. The van der Waals surface area contributed by atoms with Gasteiger partial charge in [0, 0.05) is 4.90 Å². The first-order chi connectivity index (χ1) is 15.2. The summed E-state index contributed by atoms with van der Waals surface area (Å²) in [6.45, 7) is 0.896. The lowest BCUT2D eigenvalue weighted by Gasteiger charge is -2.32. The van der Waals surface area contributed by atoms with Crippen LogP contribution >= 0.6 is 11.8 Å². The van der Waals surface area contributed by atoms with Crippen molar-refractivity contribution in [1.29, 1.82) is 0 Å². The molecule has 32 heavy (non-hydrogen) atoms. The van der Waals surface area contributed by atoms with Crippen LogP contribution in [0.1, 0.15) is 5.56 Å². The van der Waals surface area contributed by atoms with Crippen molar-refractivity contribution in [3.8, 4) is 0 Å². The van der Waals surface area contributed by atoms with Crippen LogP contribution in [0.5, 0.6) is 0 Å². The molecule has 10 heteroatoms. The summed E-state index contributed by atoms with van der Waals surface area (Å²) in [6.07, 6.45) is -4.60.